The Morgan fingerprint density at radius 1 is 1.13 bits per heavy atom. The van der Waals surface area contributed by atoms with Crippen LogP contribution in [0.2, 0.25) is 0 Å². The van der Waals surface area contributed by atoms with E-state index in [1.165, 1.54) is 11.3 Å². The van der Waals surface area contributed by atoms with Crippen molar-refractivity contribution in [3.8, 4) is 22.3 Å². The van der Waals surface area contributed by atoms with Crippen LogP contribution in [0.15, 0.2) is 24.4 Å². The molecule has 3 heterocycles. The van der Waals surface area contributed by atoms with E-state index in [1.54, 1.807) is 26.3 Å². The van der Waals surface area contributed by atoms with Gasteiger partial charge in [0.2, 0.25) is 11.8 Å². The Morgan fingerprint density at radius 2 is 1.94 bits per heavy atom. The summed E-state index contributed by atoms with van der Waals surface area (Å²) in [6.07, 6.45) is 1.10. The highest BCUT2D eigenvalue weighted by molar-refractivity contribution is 7.21. The Balaban J connectivity index is 1.71. The van der Waals surface area contributed by atoms with E-state index >= 15 is 0 Å². The summed E-state index contributed by atoms with van der Waals surface area (Å²) >= 11 is 6.68. The number of carbonyl (C=O) groups is 1. The van der Waals surface area contributed by atoms with Crippen LogP contribution in [0.25, 0.3) is 32.0 Å². The fraction of sp³-hybridized carbons (Fsp3) is 0.286. The molecule has 0 bridgehead atoms. The molecule has 0 aliphatic rings. The Labute approximate surface area is 187 Å². The van der Waals surface area contributed by atoms with Crippen LogP contribution in [0.3, 0.4) is 0 Å². The van der Waals surface area contributed by atoms with Crippen LogP contribution >= 0.6 is 22.9 Å². The van der Waals surface area contributed by atoms with Crippen molar-refractivity contribution in [1.29, 1.82) is 0 Å². The average molecular weight is 459 g/mol. The number of aryl methyl sites for hydroxylation is 2. The Morgan fingerprint density at radius 3 is 2.68 bits per heavy atom. The number of aromatic nitrogens is 4. The van der Waals surface area contributed by atoms with Gasteiger partial charge in [0.05, 0.1) is 24.3 Å². The van der Waals surface area contributed by atoms with E-state index in [0.29, 0.717) is 11.8 Å². The maximum atomic E-state index is 10.8. The smallest absolute Gasteiger partial charge is 0.404 e. The van der Waals surface area contributed by atoms with Gasteiger partial charge in [0.1, 0.15) is 28.1 Å². The summed E-state index contributed by atoms with van der Waals surface area (Å²) in [5, 5.41) is 0.792. The summed E-state index contributed by atoms with van der Waals surface area (Å²) in [4.78, 5) is 30.0. The van der Waals surface area contributed by atoms with Crippen molar-refractivity contribution >= 4 is 49.7 Å². The van der Waals surface area contributed by atoms with Gasteiger partial charge in [-0.25, -0.2) is 24.7 Å². The molecule has 0 saturated heterocycles. The van der Waals surface area contributed by atoms with Crippen molar-refractivity contribution in [2.24, 2.45) is 0 Å². The van der Waals surface area contributed by atoms with E-state index in [9.17, 15) is 4.79 Å². The average Bonchev–Trinajstić information content (AvgIpc) is 3.15. The van der Waals surface area contributed by atoms with Gasteiger partial charge in [-0.05, 0) is 44.0 Å². The molecule has 31 heavy (non-hydrogen) atoms. The molecule has 8 nitrogen and oxygen atoms in total. The van der Waals surface area contributed by atoms with Crippen LogP contribution in [0.1, 0.15) is 18.1 Å². The first kappa shape index (κ1) is 21.2. The lowest BCUT2D eigenvalue weighted by atomic mass is 10.1. The number of benzene rings is 1. The fourth-order valence-corrected chi connectivity index (χ4v) is 4.30. The van der Waals surface area contributed by atoms with Crippen molar-refractivity contribution in [1.82, 2.24) is 19.9 Å². The summed E-state index contributed by atoms with van der Waals surface area (Å²) in [5.74, 6) is 0.887. The molecule has 0 N–H and O–H groups in total. The molecule has 10 heteroatoms. The third-order valence-corrected chi connectivity index (χ3v) is 5.57. The molecule has 3 aromatic heterocycles. The van der Waals surface area contributed by atoms with E-state index in [4.69, 9.17) is 30.8 Å². The minimum Gasteiger partial charge on any atom is -0.480 e. The van der Waals surface area contributed by atoms with Gasteiger partial charge in [-0.2, -0.15) is 0 Å². The highest BCUT2D eigenvalue weighted by Gasteiger charge is 2.16. The van der Waals surface area contributed by atoms with E-state index in [0.717, 1.165) is 43.1 Å². The Bertz CT molecular complexity index is 1290. The molecular weight excluding hydrogens is 440 g/mol. The zero-order valence-corrected chi connectivity index (χ0v) is 18.9. The first-order valence-electron chi connectivity index (χ1n) is 9.43. The summed E-state index contributed by atoms with van der Waals surface area (Å²) in [6.45, 7) is 5.78. The number of hydrogen-bond acceptors (Lipinski definition) is 9. The van der Waals surface area contributed by atoms with Crippen molar-refractivity contribution in [3.63, 3.8) is 0 Å². The molecule has 0 spiro atoms. The molecule has 1 aromatic carbocycles. The fourth-order valence-electron chi connectivity index (χ4n) is 3.12. The van der Waals surface area contributed by atoms with E-state index in [2.05, 4.69) is 15.0 Å². The Kier molecular flexibility index (Phi) is 5.88. The first-order valence-corrected chi connectivity index (χ1v) is 10.6. The number of pyridine rings is 1. The molecule has 0 aliphatic heterocycles. The lowest BCUT2D eigenvalue weighted by molar-refractivity contribution is 0.0921. The number of nitrogens with zero attached hydrogens (tertiary/aromatic N) is 4. The van der Waals surface area contributed by atoms with Gasteiger partial charge in [0.25, 0.3) is 0 Å². The van der Waals surface area contributed by atoms with Gasteiger partial charge in [-0.3, -0.25) is 0 Å². The van der Waals surface area contributed by atoms with Crippen LogP contribution in [0.4, 0.5) is 4.79 Å². The van der Waals surface area contributed by atoms with Crippen LogP contribution < -0.4 is 9.47 Å². The number of thiazole rings is 1. The number of rotatable bonds is 6. The predicted octanol–water partition coefficient (Wildman–Crippen LogP) is 5.07. The molecule has 1 atom stereocenters. The monoisotopic (exact) mass is 458 g/mol. The SMILES string of the molecule is COc1cnc2c(-c3nc4c(C)cc(OCC(C)OC(=O)Cl)nc4s3)cc(C)cc2n1. The van der Waals surface area contributed by atoms with Crippen LogP contribution in [-0.4, -0.2) is 45.2 Å². The third kappa shape index (κ3) is 4.52. The molecule has 0 radical (unpaired) electrons. The second kappa shape index (κ2) is 8.60. The first-order chi connectivity index (χ1) is 14.8. The van der Waals surface area contributed by atoms with Crippen molar-refractivity contribution in [2.75, 3.05) is 13.7 Å². The molecule has 1 unspecified atom stereocenters. The minimum atomic E-state index is -0.867. The number of halogens is 1. The van der Waals surface area contributed by atoms with E-state index in [-0.39, 0.29) is 6.61 Å². The second-order valence-electron chi connectivity index (χ2n) is 7.02. The molecule has 4 aromatic rings. The molecule has 0 aliphatic carbocycles. The number of ether oxygens (including phenoxy) is 3. The standard InChI is InChI=1S/C21H19ClN4O4S/c1-10-5-13(18-14(6-10)24-16(28-4)8-23-18)19-26-17-11(2)7-15(25-20(17)31-19)29-9-12(3)30-21(22)27/h5-8,12H,9H2,1-4H3. The van der Waals surface area contributed by atoms with Gasteiger partial charge < -0.3 is 14.2 Å². The zero-order valence-electron chi connectivity index (χ0n) is 17.3. The largest absolute Gasteiger partial charge is 0.480 e. The topological polar surface area (TPSA) is 96.3 Å². The molecular formula is C21H19ClN4O4S. The third-order valence-electron chi connectivity index (χ3n) is 4.50. The number of hydrogen-bond donors (Lipinski definition) is 0. The number of fused-ring (bicyclic) bond motifs is 2. The minimum absolute atomic E-state index is 0.141. The highest BCUT2D eigenvalue weighted by atomic mass is 35.5. The summed E-state index contributed by atoms with van der Waals surface area (Å²) in [5.41, 5.74) is 4.27. The molecule has 160 valence electrons. The van der Waals surface area contributed by atoms with Crippen LogP contribution in [-0.2, 0) is 4.74 Å². The molecule has 0 saturated carbocycles. The normalized spacial score (nSPS) is 12.2. The van der Waals surface area contributed by atoms with Gasteiger partial charge in [-0.1, -0.05) is 11.3 Å². The quantitative estimate of drug-likeness (QED) is 0.369. The highest BCUT2D eigenvalue weighted by Crippen LogP contribution is 2.36. The van der Waals surface area contributed by atoms with Crippen LogP contribution in [0, 0.1) is 13.8 Å². The van der Waals surface area contributed by atoms with Gasteiger partial charge in [0, 0.05) is 23.2 Å². The maximum absolute atomic E-state index is 10.8. The van der Waals surface area contributed by atoms with E-state index < -0.39 is 11.5 Å². The Hall–Kier alpha value is -3.04. The zero-order chi connectivity index (χ0) is 22.1. The lowest BCUT2D eigenvalue weighted by Gasteiger charge is -2.12. The van der Waals surface area contributed by atoms with Gasteiger partial charge >= 0.3 is 5.43 Å². The van der Waals surface area contributed by atoms with Gasteiger partial charge in [0.15, 0.2) is 0 Å². The molecule has 4 rings (SSSR count). The lowest BCUT2D eigenvalue weighted by Crippen LogP contribution is -2.19. The van der Waals surface area contributed by atoms with Crippen molar-refractivity contribution in [3.05, 3.63) is 35.5 Å². The number of methoxy groups -OCH3 is 1. The predicted molar refractivity (Wildman–Crippen MR) is 119 cm³/mol. The molecule has 0 amide bonds. The number of carbonyl (C=O) groups excluding carboxylic acids is 1. The van der Waals surface area contributed by atoms with Crippen LogP contribution in [0.5, 0.6) is 11.8 Å². The summed E-state index contributed by atoms with van der Waals surface area (Å²) < 4.78 is 15.7. The second-order valence-corrected chi connectivity index (χ2v) is 8.31. The van der Waals surface area contributed by atoms with Crippen molar-refractivity contribution < 1.29 is 19.0 Å². The summed E-state index contributed by atoms with van der Waals surface area (Å²) in [6, 6.07) is 5.81. The van der Waals surface area contributed by atoms with Crippen molar-refractivity contribution in [2.45, 2.75) is 26.9 Å². The van der Waals surface area contributed by atoms with Gasteiger partial charge in [-0.15, -0.1) is 0 Å². The summed E-state index contributed by atoms with van der Waals surface area (Å²) in [7, 11) is 1.56. The van der Waals surface area contributed by atoms with E-state index in [1.807, 2.05) is 26.0 Å². The maximum Gasteiger partial charge on any atom is 0.404 e. The molecule has 0 fully saturated rings.